The Morgan fingerprint density at radius 2 is 2.00 bits per heavy atom. The van der Waals surface area contributed by atoms with E-state index in [1.807, 2.05) is 12.1 Å². The maximum Gasteiger partial charge on any atom is 0.320 e. The quantitative estimate of drug-likeness (QED) is 0.893. The number of benzene rings is 1. The molecule has 1 aromatic carbocycles. The SMILES string of the molecule is Cl.O=C(O)C1CC[C@H](Cc2ccc(Br)cc2)CN1. The summed E-state index contributed by atoms with van der Waals surface area (Å²) in [6.45, 7) is 0.799. The largest absolute Gasteiger partial charge is 0.480 e. The van der Waals surface area contributed by atoms with E-state index in [9.17, 15) is 4.79 Å². The van der Waals surface area contributed by atoms with Crippen LogP contribution in [0.2, 0.25) is 0 Å². The lowest BCUT2D eigenvalue weighted by atomic mass is 9.89. The number of carboxylic acid groups (broad SMARTS) is 1. The predicted molar refractivity (Wildman–Crippen MR) is 77.2 cm³/mol. The van der Waals surface area contributed by atoms with Crippen LogP contribution in [-0.2, 0) is 11.2 Å². The van der Waals surface area contributed by atoms with Gasteiger partial charge in [-0.1, -0.05) is 28.1 Å². The average molecular weight is 335 g/mol. The van der Waals surface area contributed by atoms with Gasteiger partial charge in [-0.2, -0.15) is 0 Å². The van der Waals surface area contributed by atoms with Crippen molar-refractivity contribution in [3.63, 3.8) is 0 Å². The highest BCUT2D eigenvalue weighted by Gasteiger charge is 2.25. The van der Waals surface area contributed by atoms with Gasteiger partial charge < -0.3 is 10.4 Å². The van der Waals surface area contributed by atoms with Crippen LogP contribution in [0.3, 0.4) is 0 Å². The van der Waals surface area contributed by atoms with Gasteiger partial charge in [-0.05, 0) is 49.4 Å². The minimum absolute atomic E-state index is 0. The second-order valence-electron chi connectivity index (χ2n) is 4.57. The summed E-state index contributed by atoms with van der Waals surface area (Å²) in [5, 5.41) is 12.0. The molecule has 5 heteroatoms. The molecule has 1 fully saturated rings. The summed E-state index contributed by atoms with van der Waals surface area (Å²) in [5.41, 5.74) is 1.31. The van der Waals surface area contributed by atoms with E-state index in [2.05, 4.69) is 33.4 Å². The van der Waals surface area contributed by atoms with E-state index >= 15 is 0 Å². The van der Waals surface area contributed by atoms with E-state index < -0.39 is 5.97 Å². The molecule has 0 saturated carbocycles. The molecule has 2 N–H and O–H groups in total. The Morgan fingerprint density at radius 3 is 2.50 bits per heavy atom. The smallest absolute Gasteiger partial charge is 0.320 e. The van der Waals surface area contributed by atoms with Crippen LogP contribution in [0, 0.1) is 5.92 Å². The van der Waals surface area contributed by atoms with E-state index in [-0.39, 0.29) is 18.4 Å². The van der Waals surface area contributed by atoms with Crippen LogP contribution in [0.1, 0.15) is 18.4 Å². The van der Waals surface area contributed by atoms with Crippen LogP contribution < -0.4 is 5.32 Å². The van der Waals surface area contributed by atoms with Crippen molar-refractivity contribution < 1.29 is 9.90 Å². The minimum atomic E-state index is -0.730. The first-order valence-electron chi connectivity index (χ1n) is 5.86. The Hall–Kier alpha value is -0.580. The lowest BCUT2D eigenvalue weighted by molar-refractivity contribution is -0.140. The minimum Gasteiger partial charge on any atom is -0.480 e. The van der Waals surface area contributed by atoms with Gasteiger partial charge in [0, 0.05) is 4.47 Å². The third kappa shape index (κ3) is 4.26. The third-order valence-corrected chi connectivity index (χ3v) is 3.78. The van der Waals surface area contributed by atoms with E-state index in [4.69, 9.17) is 5.11 Å². The van der Waals surface area contributed by atoms with Crippen molar-refractivity contribution in [3.8, 4) is 0 Å². The molecule has 1 unspecified atom stereocenters. The van der Waals surface area contributed by atoms with E-state index in [1.54, 1.807) is 0 Å². The summed E-state index contributed by atoms with van der Waals surface area (Å²) in [6, 6.07) is 7.98. The second kappa shape index (κ2) is 7.12. The fourth-order valence-electron chi connectivity index (χ4n) is 2.25. The number of nitrogens with one attached hydrogen (secondary N) is 1. The summed E-state index contributed by atoms with van der Waals surface area (Å²) in [4.78, 5) is 10.8. The maximum atomic E-state index is 10.8. The van der Waals surface area contributed by atoms with Gasteiger partial charge in [0.05, 0.1) is 0 Å². The molecule has 0 spiro atoms. The molecule has 0 aliphatic carbocycles. The molecule has 18 heavy (non-hydrogen) atoms. The fourth-order valence-corrected chi connectivity index (χ4v) is 2.52. The standard InChI is InChI=1S/C13H16BrNO2.ClH/c14-11-4-1-9(2-5-11)7-10-3-6-12(13(16)17)15-8-10;/h1-2,4-5,10,12,15H,3,6-8H2,(H,16,17);1H/t10-,12?;/m1./s1. The van der Waals surface area contributed by atoms with Crippen molar-refractivity contribution in [2.24, 2.45) is 5.92 Å². The highest BCUT2D eigenvalue weighted by atomic mass is 79.9. The Kier molecular flexibility index (Phi) is 6.12. The Balaban J connectivity index is 0.00000162. The van der Waals surface area contributed by atoms with Crippen molar-refractivity contribution in [1.29, 1.82) is 0 Å². The number of carbonyl (C=O) groups is 1. The highest BCUT2D eigenvalue weighted by Crippen LogP contribution is 2.20. The van der Waals surface area contributed by atoms with Gasteiger partial charge in [0.1, 0.15) is 6.04 Å². The summed E-state index contributed by atoms with van der Waals surface area (Å²) >= 11 is 3.42. The lowest BCUT2D eigenvalue weighted by Gasteiger charge is -2.27. The number of halogens is 2. The number of hydrogen-bond acceptors (Lipinski definition) is 2. The van der Waals surface area contributed by atoms with E-state index in [1.165, 1.54) is 5.56 Å². The Morgan fingerprint density at radius 1 is 1.33 bits per heavy atom. The normalized spacial score (nSPS) is 23.2. The number of rotatable bonds is 3. The molecule has 1 aromatic rings. The maximum absolute atomic E-state index is 10.8. The summed E-state index contributed by atoms with van der Waals surface area (Å²) in [7, 11) is 0. The molecule has 1 saturated heterocycles. The number of carboxylic acids is 1. The van der Waals surface area contributed by atoms with Gasteiger partial charge >= 0.3 is 5.97 Å². The first-order valence-corrected chi connectivity index (χ1v) is 6.65. The number of piperidine rings is 1. The van der Waals surface area contributed by atoms with Gasteiger partial charge in [-0.25, -0.2) is 0 Å². The average Bonchev–Trinajstić information content (AvgIpc) is 2.33. The van der Waals surface area contributed by atoms with Crippen LogP contribution in [0.25, 0.3) is 0 Å². The molecule has 2 atom stereocenters. The summed E-state index contributed by atoms with van der Waals surface area (Å²) < 4.78 is 1.09. The van der Waals surface area contributed by atoms with Crippen molar-refractivity contribution >= 4 is 34.3 Å². The van der Waals surface area contributed by atoms with E-state index in [0.29, 0.717) is 5.92 Å². The second-order valence-corrected chi connectivity index (χ2v) is 5.49. The van der Waals surface area contributed by atoms with Crippen LogP contribution in [0.4, 0.5) is 0 Å². The van der Waals surface area contributed by atoms with Gasteiger partial charge in [0.15, 0.2) is 0 Å². The van der Waals surface area contributed by atoms with Gasteiger partial charge in [0.25, 0.3) is 0 Å². The van der Waals surface area contributed by atoms with Crippen LogP contribution >= 0.6 is 28.3 Å². The van der Waals surface area contributed by atoms with Gasteiger partial charge in [-0.3, -0.25) is 4.79 Å². The fraction of sp³-hybridized carbons (Fsp3) is 0.462. The highest BCUT2D eigenvalue weighted by molar-refractivity contribution is 9.10. The van der Waals surface area contributed by atoms with Crippen LogP contribution in [0.15, 0.2) is 28.7 Å². The Labute approximate surface area is 122 Å². The van der Waals surface area contributed by atoms with Gasteiger partial charge in [0.2, 0.25) is 0 Å². The van der Waals surface area contributed by atoms with Crippen LogP contribution in [-0.4, -0.2) is 23.7 Å². The number of aliphatic carboxylic acids is 1. The molecule has 0 aromatic heterocycles. The first-order chi connectivity index (χ1) is 8.15. The lowest BCUT2D eigenvalue weighted by Crippen LogP contribution is -2.44. The molecule has 100 valence electrons. The molecular formula is C13H17BrClNO2. The zero-order valence-electron chi connectivity index (χ0n) is 9.93. The van der Waals surface area contributed by atoms with Crippen molar-refractivity contribution in [1.82, 2.24) is 5.32 Å². The molecule has 1 aliphatic rings. The summed E-state index contributed by atoms with van der Waals surface area (Å²) in [5.74, 6) is -0.182. The monoisotopic (exact) mass is 333 g/mol. The van der Waals surface area contributed by atoms with E-state index in [0.717, 1.165) is 30.3 Å². The predicted octanol–water partition coefficient (Wildman–Crippen LogP) is 2.87. The third-order valence-electron chi connectivity index (χ3n) is 3.25. The van der Waals surface area contributed by atoms with Crippen molar-refractivity contribution in [3.05, 3.63) is 34.3 Å². The molecular weight excluding hydrogens is 318 g/mol. The summed E-state index contributed by atoms with van der Waals surface area (Å²) in [6.07, 6.45) is 2.74. The molecule has 1 heterocycles. The van der Waals surface area contributed by atoms with Crippen LogP contribution in [0.5, 0.6) is 0 Å². The molecule has 3 nitrogen and oxygen atoms in total. The van der Waals surface area contributed by atoms with Crippen molar-refractivity contribution in [2.45, 2.75) is 25.3 Å². The zero-order valence-corrected chi connectivity index (χ0v) is 12.3. The topological polar surface area (TPSA) is 49.3 Å². The van der Waals surface area contributed by atoms with Crippen molar-refractivity contribution in [2.75, 3.05) is 6.54 Å². The molecule has 0 radical (unpaired) electrons. The molecule has 0 amide bonds. The van der Waals surface area contributed by atoms with Gasteiger partial charge in [-0.15, -0.1) is 12.4 Å². The molecule has 1 aliphatic heterocycles. The number of hydrogen-bond donors (Lipinski definition) is 2. The first kappa shape index (κ1) is 15.5. The zero-order chi connectivity index (χ0) is 12.3. The molecule has 0 bridgehead atoms. The Bertz CT molecular complexity index is 388. The molecule has 2 rings (SSSR count).